The number of nitrogens with zero attached hydrogens (tertiary/aromatic N) is 7. The summed E-state index contributed by atoms with van der Waals surface area (Å²) in [4.78, 5) is 44.8. The average Bonchev–Trinajstić information content (AvgIpc) is 3.84. The lowest BCUT2D eigenvalue weighted by atomic mass is 9.85. The van der Waals surface area contributed by atoms with E-state index in [2.05, 4.69) is 36.1 Å². The summed E-state index contributed by atoms with van der Waals surface area (Å²) in [7, 11) is 1.64. The third kappa shape index (κ3) is 6.33. The van der Waals surface area contributed by atoms with Crippen LogP contribution in [-0.4, -0.2) is 95.3 Å². The molecule has 0 radical (unpaired) electrons. The van der Waals surface area contributed by atoms with Crippen LogP contribution in [0.25, 0.3) is 27.7 Å². The molecule has 3 aliphatic rings. The molecule has 0 saturated carbocycles. The van der Waals surface area contributed by atoms with Crippen LogP contribution in [0.5, 0.6) is 0 Å². The zero-order valence-electron chi connectivity index (χ0n) is 27.1. The van der Waals surface area contributed by atoms with Gasteiger partial charge in [0.2, 0.25) is 11.8 Å². The molecular weight excluding hydrogens is 628 g/mol. The van der Waals surface area contributed by atoms with Crippen molar-refractivity contribution in [3.8, 4) is 11.3 Å². The fourth-order valence-corrected chi connectivity index (χ4v) is 7.14. The van der Waals surface area contributed by atoms with Gasteiger partial charge in [0.15, 0.2) is 0 Å². The number of aromatic nitrogens is 3. The maximum absolute atomic E-state index is 13.9. The standard InChI is InChI=1S/C36H37F2N9O2/c1-40-22-42-34(39)25-4-2-23(3-5-25)24-9-14-46(15-10-24)31(48)20-45-16-11-36(21-45)12-17-47(35(36)49)27-6-7-29-28(19-27)32(44-43-29)26-8-13-41-30(18-26)33(37)38/h2-9,13,18-19,22,33H,10-12,14-17,20-21H2,1H3,(H,43,44)(H2,39,40,42)/t36-/m0/s1. The molecule has 2 saturated heterocycles. The zero-order valence-corrected chi connectivity index (χ0v) is 27.1. The first kappa shape index (κ1) is 32.3. The van der Waals surface area contributed by atoms with E-state index in [4.69, 9.17) is 5.73 Å². The number of benzene rings is 2. The van der Waals surface area contributed by atoms with E-state index < -0.39 is 11.8 Å². The Morgan fingerprint density at radius 2 is 1.90 bits per heavy atom. The molecular formula is C36H37F2N9O2. The topological polar surface area (TPSA) is 136 Å². The largest absolute Gasteiger partial charge is 0.383 e. The van der Waals surface area contributed by atoms with E-state index in [1.807, 2.05) is 52.3 Å². The highest BCUT2D eigenvalue weighted by Crippen LogP contribution is 2.43. The highest BCUT2D eigenvalue weighted by Gasteiger charge is 2.51. The van der Waals surface area contributed by atoms with Crippen LogP contribution in [0.15, 0.2) is 76.9 Å². The van der Waals surface area contributed by atoms with Crippen LogP contribution in [0.2, 0.25) is 0 Å². The number of carbonyl (C=O) groups excluding carboxylic acids is 2. The molecule has 4 aromatic rings. The number of amides is 2. The highest BCUT2D eigenvalue weighted by molar-refractivity contribution is 6.03. The third-order valence-corrected chi connectivity index (χ3v) is 9.87. The minimum atomic E-state index is -2.69. The lowest BCUT2D eigenvalue weighted by Gasteiger charge is -2.29. The van der Waals surface area contributed by atoms with Crippen molar-refractivity contribution in [2.45, 2.75) is 25.7 Å². The molecule has 11 nitrogen and oxygen atoms in total. The van der Waals surface area contributed by atoms with Gasteiger partial charge < -0.3 is 15.5 Å². The molecule has 49 heavy (non-hydrogen) atoms. The molecule has 7 rings (SSSR count). The molecule has 2 aromatic heterocycles. The van der Waals surface area contributed by atoms with Crippen molar-refractivity contribution in [3.63, 3.8) is 0 Å². The summed E-state index contributed by atoms with van der Waals surface area (Å²) in [5, 5.41) is 8.08. The summed E-state index contributed by atoms with van der Waals surface area (Å²) in [5.41, 5.74) is 10.8. The number of pyridine rings is 1. The number of hydrogen-bond donors (Lipinski definition) is 2. The number of H-pyrrole nitrogens is 1. The lowest BCUT2D eigenvalue weighted by molar-refractivity contribution is -0.132. The van der Waals surface area contributed by atoms with Crippen LogP contribution in [0.4, 0.5) is 14.5 Å². The van der Waals surface area contributed by atoms with E-state index in [0.29, 0.717) is 62.7 Å². The molecule has 1 atom stereocenters. The molecule has 0 bridgehead atoms. The van der Waals surface area contributed by atoms with Crippen molar-refractivity contribution in [2.24, 2.45) is 21.1 Å². The predicted molar refractivity (Wildman–Crippen MR) is 185 cm³/mol. The normalized spacial score (nSPS) is 20.4. The molecule has 2 fully saturated rings. The molecule has 252 valence electrons. The third-order valence-electron chi connectivity index (χ3n) is 9.87. The SMILES string of the molecule is CN=CN=C(N)c1ccc(C2=CCN(C(=O)CN3CC[C@]4(CCN(c5ccc6[nH]nc(-c7ccnc(C(F)F)c7)c6c5)C4=O)C3)CC2)cc1. The number of aromatic amines is 1. The van der Waals surface area contributed by atoms with E-state index in [1.54, 1.807) is 13.1 Å². The van der Waals surface area contributed by atoms with Gasteiger partial charge in [-0.3, -0.25) is 29.6 Å². The number of hydrogen-bond acceptors (Lipinski definition) is 6. The van der Waals surface area contributed by atoms with Crippen molar-refractivity contribution < 1.29 is 18.4 Å². The molecule has 0 unspecified atom stereocenters. The summed E-state index contributed by atoms with van der Waals surface area (Å²) in [6.45, 7) is 3.25. The monoisotopic (exact) mass is 665 g/mol. The molecule has 13 heteroatoms. The van der Waals surface area contributed by atoms with E-state index in [1.165, 1.54) is 24.2 Å². The molecule has 3 aliphatic heterocycles. The maximum Gasteiger partial charge on any atom is 0.280 e. The van der Waals surface area contributed by atoms with Gasteiger partial charge >= 0.3 is 0 Å². The van der Waals surface area contributed by atoms with E-state index >= 15 is 0 Å². The van der Waals surface area contributed by atoms with Crippen LogP contribution >= 0.6 is 0 Å². The van der Waals surface area contributed by atoms with Gasteiger partial charge in [0.1, 0.15) is 23.6 Å². The zero-order chi connectivity index (χ0) is 34.1. The lowest BCUT2D eigenvalue weighted by Crippen LogP contribution is -2.43. The second-order valence-electron chi connectivity index (χ2n) is 12.8. The number of aliphatic imine (C=N–C) groups is 2. The van der Waals surface area contributed by atoms with Crippen molar-refractivity contribution in [1.29, 1.82) is 0 Å². The Morgan fingerprint density at radius 3 is 2.65 bits per heavy atom. The van der Waals surface area contributed by atoms with Gasteiger partial charge in [0.05, 0.1) is 17.5 Å². The summed E-state index contributed by atoms with van der Waals surface area (Å²) >= 11 is 0. The highest BCUT2D eigenvalue weighted by atomic mass is 19.3. The maximum atomic E-state index is 13.9. The minimum absolute atomic E-state index is 0.0545. The van der Waals surface area contributed by atoms with Crippen LogP contribution in [0, 0.1) is 5.41 Å². The van der Waals surface area contributed by atoms with Gasteiger partial charge in [-0.2, -0.15) is 5.10 Å². The van der Waals surface area contributed by atoms with Gasteiger partial charge in [0, 0.05) is 61.6 Å². The van der Waals surface area contributed by atoms with Gasteiger partial charge in [-0.1, -0.05) is 30.3 Å². The molecule has 1 spiro atoms. The fourth-order valence-electron chi connectivity index (χ4n) is 7.14. The predicted octanol–water partition coefficient (Wildman–Crippen LogP) is 4.67. The van der Waals surface area contributed by atoms with Gasteiger partial charge in [-0.15, -0.1) is 0 Å². The summed E-state index contributed by atoms with van der Waals surface area (Å²) in [5.74, 6) is 0.525. The number of anilines is 1. The Morgan fingerprint density at radius 1 is 1.08 bits per heavy atom. The first-order chi connectivity index (χ1) is 23.7. The number of likely N-dealkylation sites (tertiary alicyclic amines) is 1. The molecule has 2 amide bonds. The van der Waals surface area contributed by atoms with Gasteiger partial charge in [-0.25, -0.2) is 13.8 Å². The smallest absolute Gasteiger partial charge is 0.280 e. The number of halogens is 2. The van der Waals surface area contributed by atoms with Crippen LogP contribution < -0.4 is 10.6 Å². The number of carbonyl (C=O) groups is 2. The second-order valence-corrected chi connectivity index (χ2v) is 12.8. The molecule has 0 aliphatic carbocycles. The quantitative estimate of drug-likeness (QED) is 0.208. The number of rotatable bonds is 8. The van der Waals surface area contributed by atoms with Gasteiger partial charge in [0.25, 0.3) is 6.43 Å². The number of nitrogens with one attached hydrogen (secondary N) is 1. The Labute approximate surface area is 282 Å². The Kier molecular flexibility index (Phi) is 8.76. The molecule has 5 heterocycles. The number of amidine groups is 1. The van der Waals surface area contributed by atoms with E-state index in [0.717, 1.165) is 34.1 Å². The average molecular weight is 666 g/mol. The van der Waals surface area contributed by atoms with Crippen LogP contribution in [0.3, 0.4) is 0 Å². The second kappa shape index (κ2) is 13.3. The summed E-state index contributed by atoms with van der Waals surface area (Å²) < 4.78 is 26.6. The Bertz CT molecular complexity index is 1990. The summed E-state index contributed by atoms with van der Waals surface area (Å²) in [6, 6.07) is 16.5. The van der Waals surface area contributed by atoms with Crippen molar-refractivity contribution in [1.82, 2.24) is 25.0 Å². The first-order valence-corrected chi connectivity index (χ1v) is 16.3. The number of nitrogens with two attached hydrogens (primary N) is 1. The van der Waals surface area contributed by atoms with Gasteiger partial charge in [-0.05, 0) is 67.3 Å². The molecule has 2 aromatic carbocycles. The van der Waals surface area contributed by atoms with Crippen LogP contribution in [-0.2, 0) is 9.59 Å². The Hall–Kier alpha value is -5.30. The van der Waals surface area contributed by atoms with Crippen molar-refractivity contribution in [2.75, 3.05) is 51.2 Å². The van der Waals surface area contributed by atoms with Crippen LogP contribution in [0.1, 0.15) is 42.5 Å². The fraction of sp³-hybridized carbons (Fsp3) is 0.333. The number of fused-ring (bicyclic) bond motifs is 1. The first-order valence-electron chi connectivity index (χ1n) is 16.3. The summed E-state index contributed by atoms with van der Waals surface area (Å²) in [6.07, 6.45) is 4.35. The van der Waals surface area contributed by atoms with Crippen molar-refractivity contribution >= 4 is 46.2 Å². The van der Waals surface area contributed by atoms with E-state index in [9.17, 15) is 18.4 Å². The Balaban J connectivity index is 0.976. The molecule has 3 N–H and O–H groups in total. The minimum Gasteiger partial charge on any atom is -0.383 e. The van der Waals surface area contributed by atoms with E-state index in [-0.39, 0.29) is 24.1 Å². The van der Waals surface area contributed by atoms with Crippen molar-refractivity contribution in [3.05, 3.63) is 83.7 Å². The number of alkyl halides is 2.